The molecule has 1 fully saturated rings. The first-order valence-electron chi connectivity index (χ1n) is 7.52. The topological polar surface area (TPSA) is 48.3 Å². The normalized spacial score (nSPS) is 26.8. The Morgan fingerprint density at radius 1 is 1.47 bits per heavy atom. The lowest BCUT2D eigenvalue weighted by atomic mass is 9.85. The van der Waals surface area contributed by atoms with Crippen LogP contribution in [0.1, 0.15) is 39.0 Å². The molecule has 0 saturated heterocycles. The summed E-state index contributed by atoms with van der Waals surface area (Å²) in [5, 5.41) is 12.9. The van der Waals surface area contributed by atoms with Crippen molar-refractivity contribution in [2.45, 2.75) is 44.6 Å². The lowest BCUT2D eigenvalue weighted by Crippen LogP contribution is -2.47. The maximum Gasteiger partial charge on any atom is 0.109 e. The average molecular weight is 267 g/mol. The number of nitrogens with zero attached hydrogens (tertiary/aromatic N) is 2. The lowest BCUT2D eigenvalue weighted by Gasteiger charge is -2.30. The van der Waals surface area contributed by atoms with Crippen molar-refractivity contribution in [3.63, 3.8) is 0 Å². The van der Waals surface area contributed by atoms with Gasteiger partial charge in [0.15, 0.2) is 0 Å². The largest absolute Gasteiger partial charge is 0.385 e. The molecule has 2 unspecified atom stereocenters. The summed E-state index contributed by atoms with van der Waals surface area (Å²) in [4.78, 5) is 2.35. The highest BCUT2D eigenvalue weighted by atomic mass is 16.5. The van der Waals surface area contributed by atoms with E-state index in [1.807, 2.05) is 0 Å². The second-order valence-electron chi connectivity index (χ2n) is 5.64. The molecule has 1 aliphatic rings. The van der Waals surface area contributed by atoms with Crippen LogP contribution in [0.15, 0.2) is 0 Å². The van der Waals surface area contributed by atoms with E-state index in [9.17, 15) is 5.26 Å². The zero-order chi connectivity index (χ0) is 14.1. The van der Waals surface area contributed by atoms with Crippen molar-refractivity contribution in [3.8, 4) is 6.07 Å². The Labute approximate surface area is 118 Å². The molecular weight excluding hydrogens is 238 g/mol. The molecular formula is C15H29N3O. The highest BCUT2D eigenvalue weighted by Gasteiger charge is 2.42. The molecule has 0 radical (unpaired) electrons. The van der Waals surface area contributed by atoms with Crippen LogP contribution < -0.4 is 5.32 Å². The molecule has 0 aliphatic heterocycles. The number of methoxy groups -OCH3 is 1. The summed E-state index contributed by atoms with van der Waals surface area (Å²) in [5.74, 6) is 0.502. The molecule has 0 aromatic rings. The summed E-state index contributed by atoms with van der Waals surface area (Å²) in [6, 6.07) is 2.55. The predicted molar refractivity (Wildman–Crippen MR) is 78.0 cm³/mol. The summed E-state index contributed by atoms with van der Waals surface area (Å²) in [6.45, 7) is 5.94. The molecule has 0 spiro atoms. The highest BCUT2D eigenvalue weighted by Crippen LogP contribution is 2.37. The molecule has 4 heteroatoms. The van der Waals surface area contributed by atoms with Crippen LogP contribution in [0, 0.1) is 17.2 Å². The monoisotopic (exact) mass is 267 g/mol. The Morgan fingerprint density at radius 3 is 2.89 bits per heavy atom. The fourth-order valence-electron chi connectivity index (χ4n) is 3.17. The quantitative estimate of drug-likeness (QED) is 0.649. The Balaban J connectivity index is 2.37. The van der Waals surface area contributed by atoms with E-state index in [1.54, 1.807) is 7.11 Å². The van der Waals surface area contributed by atoms with Gasteiger partial charge < -0.3 is 9.64 Å². The van der Waals surface area contributed by atoms with Crippen molar-refractivity contribution >= 4 is 0 Å². The van der Waals surface area contributed by atoms with Crippen molar-refractivity contribution < 1.29 is 4.74 Å². The fourth-order valence-corrected chi connectivity index (χ4v) is 3.17. The Hall–Kier alpha value is -0.630. The summed E-state index contributed by atoms with van der Waals surface area (Å²) < 4.78 is 5.07. The van der Waals surface area contributed by atoms with Crippen LogP contribution in [0.5, 0.6) is 0 Å². The van der Waals surface area contributed by atoms with E-state index in [0.29, 0.717) is 5.92 Å². The Kier molecular flexibility index (Phi) is 7.37. The van der Waals surface area contributed by atoms with Crippen molar-refractivity contribution in [1.29, 1.82) is 5.26 Å². The summed E-state index contributed by atoms with van der Waals surface area (Å²) in [7, 11) is 3.90. The molecule has 0 amide bonds. The van der Waals surface area contributed by atoms with Crippen LogP contribution >= 0.6 is 0 Å². The van der Waals surface area contributed by atoms with Gasteiger partial charge in [-0.15, -0.1) is 0 Å². The third kappa shape index (κ3) is 4.76. The van der Waals surface area contributed by atoms with Crippen molar-refractivity contribution in [3.05, 3.63) is 0 Å². The number of ether oxygens (including phenoxy) is 1. The number of nitriles is 1. The first-order chi connectivity index (χ1) is 9.18. The minimum absolute atomic E-state index is 0.262. The molecule has 0 aromatic carbocycles. The Morgan fingerprint density at radius 2 is 2.26 bits per heavy atom. The van der Waals surface area contributed by atoms with E-state index in [2.05, 4.69) is 30.3 Å². The molecule has 1 N–H and O–H groups in total. The number of hydrogen-bond donors (Lipinski definition) is 1. The van der Waals surface area contributed by atoms with Crippen molar-refractivity contribution in [2.75, 3.05) is 40.4 Å². The number of hydrogen-bond acceptors (Lipinski definition) is 4. The van der Waals surface area contributed by atoms with Gasteiger partial charge in [0.1, 0.15) is 5.54 Å². The minimum Gasteiger partial charge on any atom is -0.385 e. The van der Waals surface area contributed by atoms with Gasteiger partial charge in [0, 0.05) is 20.3 Å². The van der Waals surface area contributed by atoms with Gasteiger partial charge in [-0.2, -0.15) is 5.26 Å². The first kappa shape index (κ1) is 16.4. The van der Waals surface area contributed by atoms with E-state index < -0.39 is 0 Å². The van der Waals surface area contributed by atoms with Crippen LogP contribution in [-0.2, 0) is 4.74 Å². The van der Waals surface area contributed by atoms with Gasteiger partial charge in [-0.3, -0.25) is 5.32 Å². The van der Waals surface area contributed by atoms with Crippen LogP contribution in [-0.4, -0.2) is 50.8 Å². The van der Waals surface area contributed by atoms with Crippen LogP contribution in [0.3, 0.4) is 0 Å². The molecule has 0 aromatic heterocycles. The van der Waals surface area contributed by atoms with Crippen molar-refractivity contribution in [1.82, 2.24) is 10.2 Å². The average Bonchev–Trinajstić information content (AvgIpc) is 2.80. The molecule has 19 heavy (non-hydrogen) atoms. The third-order valence-corrected chi connectivity index (χ3v) is 4.26. The van der Waals surface area contributed by atoms with Gasteiger partial charge in [0.05, 0.1) is 6.07 Å². The molecule has 1 rings (SSSR count). The second kappa shape index (κ2) is 8.52. The fraction of sp³-hybridized carbons (Fsp3) is 0.933. The predicted octanol–water partition coefficient (Wildman–Crippen LogP) is 2.02. The number of nitrogens with one attached hydrogen (secondary N) is 1. The second-order valence-corrected chi connectivity index (χ2v) is 5.64. The van der Waals surface area contributed by atoms with E-state index in [0.717, 1.165) is 45.5 Å². The van der Waals surface area contributed by atoms with Gasteiger partial charge in [0.25, 0.3) is 0 Å². The molecule has 110 valence electrons. The van der Waals surface area contributed by atoms with Crippen molar-refractivity contribution in [2.24, 2.45) is 5.92 Å². The Bertz CT molecular complexity index is 290. The zero-order valence-electron chi connectivity index (χ0n) is 12.7. The molecule has 0 bridgehead atoms. The van der Waals surface area contributed by atoms with Crippen LogP contribution in [0.4, 0.5) is 0 Å². The first-order valence-corrected chi connectivity index (χ1v) is 7.52. The molecule has 0 heterocycles. The molecule has 1 saturated carbocycles. The molecule has 4 nitrogen and oxygen atoms in total. The van der Waals surface area contributed by atoms with Crippen LogP contribution in [0.2, 0.25) is 0 Å². The van der Waals surface area contributed by atoms with Gasteiger partial charge in [-0.25, -0.2) is 0 Å². The van der Waals surface area contributed by atoms with E-state index in [4.69, 9.17) is 4.74 Å². The standard InChI is InChI=1S/C15H29N3O/c1-4-17-15(13-16)9-5-7-14(15)8-11-18(2)10-6-12-19-3/h14,17H,4-12H2,1-3H3. The SMILES string of the molecule is CCNC1(C#N)CCCC1CCN(C)CCCOC. The maximum absolute atomic E-state index is 9.51. The van der Waals surface area contributed by atoms with Gasteiger partial charge in [-0.05, 0) is 51.7 Å². The van der Waals surface area contributed by atoms with Gasteiger partial charge in [0.2, 0.25) is 0 Å². The smallest absolute Gasteiger partial charge is 0.109 e. The summed E-state index contributed by atoms with van der Waals surface area (Å²) in [5.41, 5.74) is -0.262. The van der Waals surface area contributed by atoms with Gasteiger partial charge in [-0.1, -0.05) is 13.3 Å². The summed E-state index contributed by atoms with van der Waals surface area (Å²) in [6.07, 6.45) is 5.57. The van der Waals surface area contributed by atoms with E-state index in [-0.39, 0.29) is 5.54 Å². The molecule has 1 aliphatic carbocycles. The summed E-state index contributed by atoms with van der Waals surface area (Å²) >= 11 is 0. The maximum atomic E-state index is 9.51. The zero-order valence-corrected chi connectivity index (χ0v) is 12.7. The third-order valence-electron chi connectivity index (χ3n) is 4.26. The van der Waals surface area contributed by atoms with E-state index >= 15 is 0 Å². The van der Waals surface area contributed by atoms with E-state index in [1.165, 1.54) is 12.8 Å². The molecule has 2 atom stereocenters. The minimum atomic E-state index is -0.262. The number of rotatable bonds is 9. The van der Waals surface area contributed by atoms with Crippen LogP contribution in [0.25, 0.3) is 0 Å². The lowest BCUT2D eigenvalue weighted by molar-refractivity contribution is 0.175. The van der Waals surface area contributed by atoms with Gasteiger partial charge >= 0.3 is 0 Å². The highest BCUT2D eigenvalue weighted by molar-refractivity contribution is 5.13.